The number of carbonyl (C=O) groups is 1. The van der Waals surface area contributed by atoms with Crippen LogP contribution in [-0.2, 0) is 9.53 Å². The fourth-order valence-electron chi connectivity index (χ4n) is 1.45. The summed E-state index contributed by atoms with van der Waals surface area (Å²) in [5, 5.41) is 9.53. The minimum atomic E-state index is 0.194. The monoisotopic (exact) mass is 486 g/mol. The first-order valence-electron chi connectivity index (χ1n) is 8.52. The van der Waals surface area contributed by atoms with E-state index in [1.807, 2.05) is 36.7 Å². The zero-order valence-corrected chi connectivity index (χ0v) is 21.2. The van der Waals surface area contributed by atoms with Gasteiger partial charge in [-0.1, -0.05) is 13.8 Å². The first-order chi connectivity index (χ1) is 12.4. The Hall–Kier alpha value is 1.57. The van der Waals surface area contributed by atoms with Crippen molar-refractivity contribution in [3.8, 4) is 0 Å². The number of carbonyl (C=O) groups excluding carboxylic acids is 1. The van der Waals surface area contributed by atoms with Crippen LogP contribution in [0, 0.1) is 0 Å². The highest BCUT2D eigenvalue weighted by Gasteiger charge is 2.18. The van der Waals surface area contributed by atoms with Gasteiger partial charge in [-0.3, -0.25) is 0 Å². The van der Waals surface area contributed by atoms with Crippen LogP contribution >= 0.6 is 71.1 Å². The Morgan fingerprint density at radius 3 is 2.23 bits per heavy atom. The molecule has 160 valence electrons. The van der Waals surface area contributed by atoms with Gasteiger partial charge in [0, 0.05) is 30.1 Å². The van der Waals surface area contributed by atoms with Crippen molar-refractivity contribution in [2.75, 3.05) is 42.6 Å². The summed E-state index contributed by atoms with van der Waals surface area (Å²) in [6.07, 6.45) is 9.00. The summed E-state index contributed by atoms with van der Waals surface area (Å²) in [6, 6.07) is 0. The van der Waals surface area contributed by atoms with Crippen LogP contribution in [0.15, 0.2) is 0 Å². The smallest absolute Gasteiger partial charge is 0.120 e. The third-order valence-electron chi connectivity index (χ3n) is 2.76. The van der Waals surface area contributed by atoms with Crippen LogP contribution in [0.5, 0.6) is 0 Å². The molecular formula is C17H36Cl2O3S4. The van der Waals surface area contributed by atoms with Gasteiger partial charge in [0.15, 0.2) is 0 Å². The van der Waals surface area contributed by atoms with Gasteiger partial charge < -0.3 is 14.6 Å². The Bertz CT molecular complexity index is 266. The van der Waals surface area contributed by atoms with Gasteiger partial charge in [-0.05, 0) is 43.3 Å². The summed E-state index contributed by atoms with van der Waals surface area (Å²) in [5.41, 5.74) is 0.478. The van der Waals surface area contributed by atoms with Gasteiger partial charge in [0.25, 0.3) is 0 Å². The van der Waals surface area contributed by atoms with Gasteiger partial charge in [0.2, 0.25) is 0 Å². The summed E-state index contributed by atoms with van der Waals surface area (Å²) in [5.74, 6) is 2.19. The maximum absolute atomic E-state index is 9.55. The lowest BCUT2D eigenvalue weighted by Crippen LogP contribution is -2.21. The number of hydrogen-bond donors (Lipinski definition) is 2. The van der Waals surface area contributed by atoms with Crippen LogP contribution in [0.3, 0.4) is 0 Å². The molecule has 0 aromatic carbocycles. The number of halogens is 2. The molecule has 0 amide bonds. The SMILES string of the molecule is CC(S)CCO.CSCCC1OCCC(C)S1.CSCCC=O.ClCCl. The van der Waals surface area contributed by atoms with Crippen molar-refractivity contribution in [2.45, 2.75) is 55.5 Å². The normalized spacial score (nSPS) is 19.5. The molecule has 1 fully saturated rings. The molecule has 0 aromatic rings. The third-order valence-corrected chi connectivity index (χ3v) is 5.68. The zero-order chi connectivity index (χ0) is 20.6. The summed E-state index contributed by atoms with van der Waals surface area (Å²) in [4.78, 5) is 9.55. The lowest BCUT2D eigenvalue weighted by atomic mass is 10.3. The number of aldehydes is 1. The van der Waals surface area contributed by atoms with E-state index in [1.54, 1.807) is 11.8 Å². The van der Waals surface area contributed by atoms with Gasteiger partial charge in [0.05, 0.1) is 5.34 Å². The topological polar surface area (TPSA) is 46.5 Å². The second kappa shape index (κ2) is 28.8. The molecule has 0 aliphatic carbocycles. The fraction of sp³-hybridized carbons (Fsp3) is 0.941. The molecule has 0 aromatic heterocycles. The number of aliphatic hydroxyl groups excluding tert-OH is 1. The molecule has 1 aliphatic rings. The Morgan fingerprint density at radius 1 is 1.35 bits per heavy atom. The molecule has 9 heteroatoms. The predicted molar refractivity (Wildman–Crippen MR) is 130 cm³/mol. The molecule has 1 aliphatic heterocycles. The maximum Gasteiger partial charge on any atom is 0.120 e. The molecule has 3 unspecified atom stereocenters. The summed E-state index contributed by atoms with van der Waals surface area (Å²) < 4.78 is 5.60. The molecule has 0 spiro atoms. The highest BCUT2D eigenvalue weighted by molar-refractivity contribution is 8.00. The van der Waals surface area contributed by atoms with Crippen LogP contribution < -0.4 is 0 Å². The van der Waals surface area contributed by atoms with Crippen molar-refractivity contribution in [2.24, 2.45) is 0 Å². The van der Waals surface area contributed by atoms with Crippen molar-refractivity contribution < 1.29 is 14.6 Å². The Balaban J connectivity index is -0.000000304. The van der Waals surface area contributed by atoms with Gasteiger partial charge >= 0.3 is 0 Å². The number of alkyl halides is 2. The number of aliphatic hydroxyl groups is 1. The van der Waals surface area contributed by atoms with E-state index in [0.29, 0.717) is 17.1 Å². The molecule has 0 radical (unpaired) electrons. The predicted octanol–water partition coefficient (Wildman–Crippen LogP) is 5.65. The highest BCUT2D eigenvalue weighted by Crippen LogP contribution is 2.29. The van der Waals surface area contributed by atoms with Crippen LogP contribution in [-0.4, -0.2) is 69.9 Å². The Labute approximate surface area is 189 Å². The summed E-state index contributed by atoms with van der Waals surface area (Å²) >= 11 is 19.1. The van der Waals surface area contributed by atoms with E-state index in [2.05, 4.69) is 25.8 Å². The maximum atomic E-state index is 9.55. The fourth-order valence-corrected chi connectivity index (χ4v) is 3.68. The highest BCUT2D eigenvalue weighted by atomic mass is 35.5. The molecule has 0 bridgehead atoms. The number of thiol groups is 1. The third kappa shape index (κ3) is 33.2. The van der Waals surface area contributed by atoms with Gasteiger partial charge in [-0.25, -0.2) is 0 Å². The Morgan fingerprint density at radius 2 is 1.92 bits per heavy atom. The van der Waals surface area contributed by atoms with Crippen LogP contribution in [0.25, 0.3) is 0 Å². The van der Waals surface area contributed by atoms with Crippen molar-refractivity contribution in [1.29, 1.82) is 0 Å². The lowest BCUT2D eigenvalue weighted by Gasteiger charge is -2.26. The average Bonchev–Trinajstić information content (AvgIpc) is 2.60. The Kier molecular flexibility index (Phi) is 35.7. The molecule has 0 saturated carbocycles. The summed E-state index contributed by atoms with van der Waals surface area (Å²) in [6.45, 7) is 5.47. The molecule has 1 heterocycles. The van der Waals surface area contributed by atoms with E-state index in [0.717, 1.165) is 30.3 Å². The standard InChI is InChI=1S/C8H16OS2.C4H8OS.C4H10OS.CH2Cl2/c1-7-3-5-9-8(11-7)4-6-10-2;1-6-4-2-3-5;1-4(6)2-3-5;2-1-3/h7-8H,3-6H2,1-2H3;3H,2,4H2,1H3;4-6H,2-3H2,1H3;1H2. The molecular weight excluding hydrogens is 451 g/mol. The minimum absolute atomic E-state index is 0.194. The van der Waals surface area contributed by atoms with Crippen molar-refractivity contribution in [3.05, 3.63) is 0 Å². The number of rotatable bonds is 8. The van der Waals surface area contributed by atoms with Crippen LogP contribution in [0.4, 0.5) is 0 Å². The van der Waals surface area contributed by atoms with E-state index >= 15 is 0 Å². The second-order valence-electron chi connectivity index (χ2n) is 5.23. The molecule has 1 N–H and O–H groups in total. The van der Waals surface area contributed by atoms with Crippen molar-refractivity contribution in [1.82, 2.24) is 0 Å². The second-order valence-corrected chi connectivity index (χ2v) is 10.5. The minimum Gasteiger partial charge on any atom is -0.396 e. The van der Waals surface area contributed by atoms with E-state index in [4.69, 9.17) is 33.0 Å². The van der Waals surface area contributed by atoms with E-state index in [1.165, 1.54) is 18.6 Å². The van der Waals surface area contributed by atoms with E-state index in [-0.39, 0.29) is 11.9 Å². The zero-order valence-electron chi connectivity index (χ0n) is 16.4. The molecule has 1 saturated heterocycles. The number of ether oxygens (including phenoxy) is 1. The first kappa shape index (κ1) is 32.2. The van der Waals surface area contributed by atoms with E-state index in [9.17, 15) is 4.79 Å². The number of hydrogen-bond acceptors (Lipinski definition) is 7. The molecule has 26 heavy (non-hydrogen) atoms. The molecule has 1 rings (SSSR count). The van der Waals surface area contributed by atoms with Crippen LogP contribution in [0.2, 0.25) is 0 Å². The molecule has 3 atom stereocenters. The average molecular weight is 488 g/mol. The van der Waals surface area contributed by atoms with Gasteiger partial charge in [-0.15, -0.1) is 35.0 Å². The van der Waals surface area contributed by atoms with Crippen LogP contribution in [0.1, 0.15) is 39.5 Å². The van der Waals surface area contributed by atoms with Gasteiger partial charge in [0.1, 0.15) is 11.7 Å². The first-order valence-corrected chi connectivity index (χ1v) is 13.8. The summed E-state index contributed by atoms with van der Waals surface area (Å²) in [7, 11) is 0. The largest absolute Gasteiger partial charge is 0.396 e. The molecule has 3 nitrogen and oxygen atoms in total. The van der Waals surface area contributed by atoms with Crippen molar-refractivity contribution in [3.63, 3.8) is 0 Å². The van der Waals surface area contributed by atoms with Crippen molar-refractivity contribution >= 4 is 77.4 Å². The quantitative estimate of drug-likeness (QED) is 0.200. The lowest BCUT2D eigenvalue weighted by molar-refractivity contribution is -0.107. The number of thioether (sulfide) groups is 3. The van der Waals surface area contributed by atoms with E-state index < -0.39 is 0 Å². The van der Waals surface area contributed by atoms with Gasteiger partial charge in [-0.2, -0.15) is 36.2 Å².